The van der Waals surface area contributed by atoms with Gasteiger partial charge in [-0.05, 0) is 50.9 Å². The lowest BCUT2D eigenvalue weighted by atomic mass is 10.0. The first-order valence-electron chi connectivity index (χ1n) is 5.82. The highest BCUT2D eigenvalue weighted by Crippen LogP contribution is 2.16. The zero-order valence-electron chi connectivity index (χ0n) is 9.89. The number of rotatable bonds is 3. The zero-order chi connectivity index (χ0) is 12.3. The number of sulfone groups is 1. The van der Waals surface area contributed by atoms with Gasteiger partial charge in [0.2, 0.25) is 0 Å². The second-order valence-electron chi connectivity index (χ2n) is 4.51. The van der Waals surface area contributed by atoms with Gasteiger partial charge in [-0.3, -0.25) is 0 Å². The largest absolute Gasteiger partial charge is 0.316 e. The van der Waals surface area contributed by atoms with Gasteiger partial charge < -0.3 is 5.32 Å². The highest BCUT2D eigenvalue weighted by atomic mass is 32.2. The fourth-order valence-corrected chi connectivity index (χ4v) is 3.53. The fraction of sp³-hybridized carbons (Fsp3) is 0.636. The van der Waals surface area contributed by atoms with Crippen molar-refractivity contribution in [2.75, 3.05) is 18.8 Å². The minimum atomic E-state index is -3.29. The predicted molar refractivity (Wildman–Crippen MR) is 64.4 cm³/mol. The third-order valence-electron chi connectivity index (χ3n) is 2.95. The molecule has 1 saturated heterocycles. The molecule has 1 atom stereocenters. The maximum Gasteiger partial charge on any atom is 0.197 e. The lowest BCUT2D eigenvalue weighted by molar-refractivity contribution is 0.403. The van der Waals surface area contributed by atoms with Gasteiger partial charge in [0.05, 0.1) is 11.4 Å². The summed E-state index contributed by atoms with van der Waals surface area (Å²) in [6.45, 7) is 3.55. The van der Waals surface area contributed by atoms with Crippen LogP contribution in [-0.4, -0.2) is 37.5 Å². The summed E-state index contributed by atoms with van der Waals surface area (Å²) in [5.41, 5.74) is 0.725. The van der Waals surface area contributed by atoms with Crippen LogP contribution in [0.5, 0.6) is 0 Å². The van der Waals surface area contributed by atoms with Crippen LogP contribution in [0.1, 0.15) is 18.5 Å². The summed E-state index contributed by atoms with van der Waals surface area (Å²) >= 11 is 0. The first kappa shape index (κ1) is 12.4. The van der Waals surface area contributed by atoms with Gasteiger partial charge in [-0.15, -0.1) is 5.10 Å². The summed E-state index contributed by atoms with van der Waals surface area (Å²) in [4.78, 5) is 0. The van der Waals surface area contributed by atoms with Crippen LogP contribution in [0.2, 0.25) is 0 Å². The molecular weight excluding hydrogens is 238 g/mol. The summed E-state index contributed by atoms with van der Waals surface area (Å²) in [5.74, 6) is 0.356. The molecule has 17 heavy (non-hydrogen) atoms. The zero-order valence-corrected chi connectivity index (χ0v) is 10.7. The summed E-state index contributed by atoms with van der Waals surface area (Å²) in [6, 6.07) is 3.22. The Bertz CT molecular complexity index is 464. The number of hydrogen-bond donors (Lipinski definition) is 1. The van der Waals surface area contributed by atoms with Crippen molar-refractivity contribution in [3.8, 4) is 0 Å². The number of nitrogens with one attached hydrogen (secondary N) is 1. The monoisotopic (exact) mass is 255 g/mol. The topological polar surface area (TPSA) is 72.0 Å². The van der Waals surface area contributed by atoms with E-state index >= 15 is 0 Å². The SMILES string of the molecule is Cc1ccc(S(=O)(=O)C[C@H]2CCCNC2)nn1. The Morgan fingerprint density at radius 2 is 2.24 bits per heavy atom. The summed E-state index contributed by atoms with van der Waals surface area (Å²) in [7, 11) is -3.29. The van der Waals surface area contributed by atoms with E-state index in [1.807, 2.05) is 0 Å². The second kappa shape index (κ2) is 5.10. The standard InChI is InChI=1S/C11H17N3O2S/c1-9-4-5-11(14-13-9)17(15,16)8-10-3-2-6-12-7-10/h4-5,10,12H,2-3,6-8H2,1H3/t10-/m0/s1. The molecule has 0 bridgehead atoms. The minimum absolute atomic E-state index is 0.0914. The average Bonchev–Trinajstić information content (AvgIpc) is 2.30. The maximum absolute atomic E-state index is 12.1. The lowest BCUT2D eigenvalue weighted by Gasteiger charge is -2.22. The molecule has 2 heterocycles. The maximum atomic E-state index is 12.1. The molecule has 2 rings (SSSR count). The quantitative estimate of drug-likeness (QED) is 0.854. The average molecular weight is 255 g/mol. The van der Waals surface area contributed by atoms with Crippen molar-refractivity contribution in [3.63, 3.8) is 0 Å². The van der Waals surface area contributed by atoms with Crippen LogP contribution in [0.3, 0.4) is 0 Å². The third kappa shape index (κ3) is 3.23. The smallest absolute Gasteiger partial charge is 0.197 e. The van der Waals surface area contributed by atoms with E-state index in [4.69, 9.17) is 0 Å². The molecule has 1 aliphatic heterocycles. The number of piperidine rings is 1. The fourth-order valence-electron chi connectivity index (χ4n) is 2.01. The van der Waals surface area contributed by atoms with Gasteiger partial charge in [0, 0.05) is 0 Å². The van der Waals surface area contributed by atoms with Crippen molar-refractivity contribution >= 4 is 9.84 Å². The van der Waals surface area contributed by atoms with Crippen molar-refractivity contribution < 1.29 is 8.42 Å². The molecule has 1 N–H and O–H groups in total. The summed E-state index contributed by atoms with van der Waals surface area (Å²) in [5, 5.41) is 10.9. The number of aromatic nitrogens is 2. The summed E-state index contributed by atoms with van der Waals surface area (Å²) in [6.07, 6.45) is 2.01. The molecule has 0 amide bonds. The van der Waals surface area contributed by atoms with E-state index in [1.54, 1.807) is 13.0 Å². The van der Waals surface area contributed by atoms with Gasteiger partial charge in [-0.25, -0.2) is 8.42 Å². The normalized spacial score (nSPS) is 21.4. The van der Waals surface area contributed by atoms with E-state index in [0.717, 1.165) is 31.6 Å². The second-order valence-corrected chi connectivity index (χ2v) is 6.49. The Morgan fingerprint density at radius 1 is 1.41 bits per heavy atom. The van der Waals surface area contributed by atoms with Gasteiger partial charge in [-0.1, -0.05) is 0 Å². The van der Waals surface area contributed by atoms with Crippen LogP contribution < -0.4 is 5.32 Å². The van der Waals surface area contributed by atoms with Crippen LogP contribution in [0.25, 0.3) is 0 Å². The van der Waals surface area contributed by atoms with Gasteiger partial charge in [0.15, 0.2) is 14.9 Å². The van der Waals surface area contributed by atoms with Gasteiger partial charge in [0.1, 0.15) is 0 Å². The Kier molecular flexibility index (Phi) is 3.73. The first-order chi connectivity index (χ1) is 8.08. The molecule has 1 aromatic rings. The Balaban J connectivity index is 2.10. The lowest BCUT2D eigenvalue weighted by Crippen LogP contribution is -2.34. The van der Waals surface area contributed by atoms with E-state index in [9.17, 15) is 8.42 Å². The Morgan fingerprint density at radius 3 is 2.82 bits per heavy atom. The molecule has 0 saturated carbocycles. The van der Waals surface area contributed by atoms with E-state index in [-0.39, 0.29) is 16.7 Å². The molecule has 0 radical (unpaired) electrons. The van der Waals surface area contributed by atoms with Crippen LogP contribution in [0.15, 0.2) is 17.2 Å². The molecule has 6 heteroatoms. The Labute approximate surface area is 102 Å². The van der Waals surface area contributed by atoms with Crippen molar-refractivity contribution in [2.45, 2.75) is 24.8 Å². The predicted octanol–water partition coefficient (Wildman–Crippen LogP) is 0.558. The third-order valence-corrected chi connectivity index (χ3v) is 4.71. The number of hydrogen-bond acceptors (Lipinski definition) is 5. The Hall–Kier alpha value is -1.01. The van der Waals surface area contributed by atoms with Gasteiger partial charge in [-0.2, -0.15) is 5.10 Å². The highest BCUT2D eigenvalue weighted by Gasteiger charge is 2.24. The molecule has 0 aromatic carbocycles. The first-order valence-corrected chi connectivity index (χ1v) is 7.47. The van der Waals surface area contributed by atoms with E-state index in [0.29, 0.717) is 0 Å². The van der Waals surface area contributed by atoms with Crippen LogP contribution in [0.4, 0.5) is 0 Å². The molecule has 0 aliphatic carbocycles. The minimum Gasteiger partial charge on any atom is -0.316 e. The molecular formula is C11H17N3O2S. The molecule has 1 fully saturated rings. The van der Waals surface area contributed by atoms with Crippen molar-refractivity contribution in [1.82, 2.24) is 15.5 Å². The molecule has 94 valence electrons. The van der Waals surface area contributed by atoms with Crippen LogP contribution in [-0.2, 0) is 9.84 Å². The van der Waals surface area contributed by atoms with Gasteiger partial charge >= 0.3 is 0 Å². The van der Waals surface area contributed by atoms with E-state index < -0.39 is 9.84 Å². The van der Waals surface area contributed by atoms with Crippen molar-refractivity contribution in [2.24, 2.45) is 5.92 Å². The highest BCUT2D eigenvalue weighted by molar-refractivity contribution is 7.91. The van der Waals surface area contributed by atoms with Crippen LogP contribution >= 0.6 is 0 Å². The molecule has 1 aromatic heterocycles. The molecule has 0 spiro atoms. The number of nitrogens with zero attached hydrogens (tertiary/aromatic N) is 2. The van der Waals surface area contributed by atoms with Crippen molar-refractivity contribution in [3.05, 3.63) is 17.8 Å². The van der Waals surface area contributed by atoms with E-state index in [2.05, 4.69) is 15.5 Å². The summed E-state index contributed by atoms with van der Waals surface area (Å²) < 4.78 is 24.2. The molecule has 5 nitrogen and oxygen atoms in total. The van der Waals surface area contributed by atoms with Gasteiger partial charge in [0.25, 0.3) is 0 Å². The molecule has 1 aliphatic rings. The molecule has 0 unspecified atom stereocenters. The number of aryl methyl sites for hydroxylation is 1. The van der Waals surface area contributed by atoms with Crippen LogP contribution in [0, 0.1) is 12.8 Å². The van der Waals surface area contributed by atoms with Crippen molar-refractivity contribution in [1.29, 1.82) is 0 Å². The van der Waals surface area contributed by atoms with E-state index in [1.165, 1.54) is 6.07 Å².